The van der Waals surface area contributed by atoms with Crippen molar-refractivity contribution in [3.63, 3.8) is 0 Å². The van der Waals surface area contributed by atoms with Crippen LogP contribution in [0.1, 0.15) is 32.5 Å². The highest BCUT2D eigenvalue weighted by Gasteiger charge is 2.27. The van der Waals surface area contributed by atoms with E-state index in [-0.39, 0.29) is 28.6 Å². The molecule has 0 saturated carbocycles. The summed E-state index contributed by atoms with van der Waals surface area (Å²) in [4.78, 5) is 46.4. The van der Waals surface area contributed by atoms with Crippen LogP contribution in [0, 0.1) is 17.0 Å². The summed E-state index contributed by atoms with van der Waals surface area (Å²) in [6.45, 7) is 3.03. The first-order valence-corrected chi connectivity index (χ1v) is 8.46. The first-order chi connectivity index (χ1) is 12.8. The second-order valence-corrected chi connectivity index (χ2v) is 6.17. The fraction of sp³-hybridized carbons (Fsp3) is 0.333. The third kappa shape index (κ3) is 4.47. The summed E-state index contributed by atoms with van der Waals surface area (Å²) >= 11 is 0.882. The maximum Gasteiger partial charge on any atom is 0.389 e. The van der Waals surface area contributed by atoms with Gasteiger partial charge in [-0.1, -0.05) is 0 Å². The summed E-state index contributed by atoms with van der Waals surface area (Å²) in [7, 11) is 1.18. The summed E-state index contributed by atoms with van der Waals surface area (Å²) in [5, 5.41) is 16.9. The van der Waals surface area contributed by atoms with Crippen molar-refractivity contribution < 1.29 is 28.8 Å². The van der Waals surface area contributed by atoms with Crippen molar-refractivity contribution in [3.8, 4) is 0 Å². The standard InChI is InChI=1S/C15H16N4O7S/c1-4-26-15(22)12-8(2)11(14(21)25-3)13(27-12)16-10(20)7-18-6-5-9(17-18)19(23)24/h5-6H,4,7H2,1-3H3,(H,16,20). The molecule has 12 heteroatoms. The van der Waals surface area contributed by atoms with Crippen molar-refractivity contribution in [1.82, 2.24) is 9.78 Å². The van der Waals surface area contributed by atoms with Crippen molar-refractivity contribution in [1.29, 1.82) is 0 Å². The highest BCUT2D eigenvalue weighted by Crippen LogP contribution is 2.34. The van der Waals surface area contributed by atoms with Crippen molar-refractivity contribution in [2.75, 3.05) is 19.0 Å². The molecule has 0 aliphatic carbocycles. The van der Waals surface area contributed by atoms with E-state index in [1.54, 1.807) is 13.8 Å². The van der Waals surface area contributed by atoms with Crippen molar-refractivity contribution in [2.45, 2.75) is 20.4 Å². The van der Waals surface area contributed by atoms with E-state index in [2.05, 4.69) is 10.4 Å². The number of amides is 1. The lowest BCUT2D eigenvalue weighted by Gasteiger charge is -2.05. The van der Waals surface area contributed by atoms with E-state index in [1.807, 2.05) is 0 Å². The van der Waals surface area contributed by atoms with Crippen LogP contribution in [0.3, 0.4) is 0 Å². The number of thiophene rings is 1. The fourth-order valence-corrected chi connectivity index (χ4v) is 3.30. The highest BCUT2D eigenvalue weighted by atomic mass is 32.1. The minimum absolute atomic E-state index is 0.0466. The molecule has 0 fully saturated rings. The van der Waals surface area contributed by atoms with Crippen LogP contribution in [0.2, 0.25) is 0 Å². The zero-order valence-corrected chi connectivity index (χ0v) is 15.5. The van der Waals surface area contributed by atoms with Gasteiger partial charge in [-0.3, -0.25) is 4.79 Å². The Morgan fingerprint density at radius 3 is 2.63 bits per heavy atom. The molecule has 2 rings (SSSR count). The fourth-order valence-electron chi connectivity index (χ4n) is 2.19. The average molecular weight is 396 g/mol. The molecule has 2 heterocycles. The number of methoxy groups -OCH3 is 1. The zero-order valence-electron chi connectivity index (χ0n) is 14.7. The maximum absolute atomic E-state index is 12.2. The number of nitro groups is 1. The second-order valence-electron chi connectivity index (χ2n) is 5.15. The third-order valence-corrected chi connectivity index (χ3v) is 4.56. The first kappa shape index (κ1) is 20.0. The number of aromatic nitrogens is 2. The molecule has 0 aliphatic rings. The number of carbonyl (C=O) groups is 3. The number of anilines is 1. The van der Waals surface area contributed by atoms with E-state index in [0.717, 1.165) is 22.1 Å². The molecule has 0 saturated heterocycles. The molecular formula is C15H16N4O7S. The van der Waals surface area contributed by atoms with Crippen molar-refractivity contribution >= 4 is 40.0 Å². The van der Waals surface area contributed by atoms with Gasteiger partial charge in [-0.2, -0.15) is 4.68 Å². The predicted molar refractivity (Wildman–Crippen MR) is 93.9 cm³/mol. The van der Waals surface area contributed by atoms with Gasteiger partial charge >= 0.3 is 17.8 Å². The van der Waals surface area contributed by atoms with Gasteiger partial charge in [0.1, 0.15) is 16.4 Å². The Balaban J connectivity index is 2.26. The topological polar surface area (TPSA) is 143 Å². The average Bonchev–Trinajstić information content (AvgIpc) is 3.19. The molecule has 0 radical (unpaired) electrons. The Bertz CT molecular complexity index is 902. The minimum Gasteiger partial charge on any atom is -0.465 e. The quantitative estimate of drug-likeness (QED) is 0.424. The molecule has 0 aromatic carbocycles. The van der Waals surface area contributed by atoms with Crippen LogP contribution >= 0.6 is 11.3 Å². The van der Waals surface area contributed by atoms with E-state index in [0.29, 0.717) is 5.56 Å². The van der Waals surface area contributed by atoms with Crippen LogP contribution in [0.5, 0.6) is 0 Å². The lowest BCUT2D eigenvalue weighted by atomic mass is 10.1. The number of hydrogen-bond donors (Lipinski definition) is 1. The Hall–Kier alpha value is -3.28. The predicted octanol–water partition coefficient (Wildman–Crippen LogP) is 1.76. The van der Waals surface area contributed by atoms with Gasteiger partial charge in [0, 0.05) is 0 Å². The number of nitrogens with zero attached hydrogens (tertiary/aromatic N) is 3. The molecule has 2 aromatic rings. The minimum atomic E-state index is -0.718. The number of esters is 2. The smallest absolute Gasteiger partial charge is 0.389 e. The zero-order chi connectivity index (χ0) is 20.1. The molecule has 144 valence electrons. The monoisotopic (exact) mass is 396 g/mol. The molecule has 0 unspecified atom stereocenters. The Kier molecular flexibility index (Phi) is 6.23. The largest absolute Gasteiger partial charge is 0.465 e. The van der Waals surface area contributed by atoms with Crippen LogP contribution in [-0.4, -0.2) is 46.3 Å². The number of ether oxygens (including phenoxy) is 2. The normalized spacial score (nSPS) is 10.3. The molecule has 0 spiro atoms. The molecule has 11 nitrogen and oxygen atoms in total. The van der Waals surface area contributed by atoms with Crippen LogP contribution in [0.4, 0.5) is 10.8 Å². The summed E-state index contributed by atoms with van der Waals surface area (Å²) < 4.78 is 10.7. The van der Waals surface area contributed by atoms with E-state index in [1.165, 1.54) is 13.3 Å². The molecule has 2 aromatic heterocycles. The van der Waals surface area contributed by atoms with Crippen molar-refractivity contribution in [2.24, 2.45) is 0 Å². The number of nitrogens with one attached hydrogen (secondary N) is 1. The SMILES string of the molecule is CCOC(=O)c1sc(NC(=O)Cn2ccc([N+](=O)[O-])n2)c(C(=O)OC)c1C. The summed E-state index contributed by atoms with van der Waals surface area (Å²) in [6, 6.07) is 1.15. The summed E-state index contributed by atoms with van der Waals surface area (Å²) in [5.74, 6) is -2.32. The summed E-state index contributed by atoms with van der Waals surface area (Å²) in [5.41, 5.74) is 0.376. The van der Waals surface area contributed by atoms with E-state index in [4.69, 9.17) is 9.47 Å². The van der Waals surface area contributed by atoms with Gasteiger partial charge in [0.25, 0.3) is 0 Å². The van der Waals surface area contributed by atoms with Gasteiger partial charge in [-0.25, -0.2) is 9.59 Å². The van der Waals surface area contributed by atoms with Crippen molar-refractivity contribution in [3.05, 3.63) is 38.4 Å². The highest BCUT2D eigenvalue weighted by molar-refractivity contribution is 7.18. The van der Waals surface area contributed by atoms with Gasteiger partial charge < -0.3 is 24.9 Å². The number of rotatable bonds is 7. The molecule has 0 bridgehead atoms. The Labute approximate surface area is 157 Å². The molecule has 1 amide bonds. The second kappa shape index (κ2) is 8.40. The first-order valence-electron chi connectivity index (χ1n) is 7.65. The summed E-state index contributed by atoms with van der Waals surface area (Å²) in [6.07, 6.45) is 1.28. The lowest BCUT2D eigenvalue weighted by Crippen LogP contribution is -2.20. The van der Waals surface area contributed by atoms with E-state index < -0.39 is 28.6 Å². The molecule has 0 atom stereocenters. The van der Waals surface area contributed by atoms with Gasteiger partial charge in [0.2, 0.25) is 5.91 Å². The van der Waals surface area contributed by atoms with Gasteiger partial charge in [0.15, 0.2) is 0 Å². The van der Waals surface area contributed by atoms with E-state index in [9.17, 15) is 24.5 Å². The van der Waals surface area contributed by atoms with E-state index >= 15 is 0 Å². The van der Waals surface area contributed by atoms with Gasteiger partial charge in [0.05, 0.1) is 36.6 Å². The van der Waals surface area contributed by atoms with Crippen LogP contribution < -0.4 is 5.32 Å². The third-order valence-electron chi connectivity index (χ3n) is 3.37. The molecule has 1 N–H and O–H groups in total. The number of carbonyl (C=O) groups excluding carboxylic acids is 3. The molecular weight excluding hydrogens is 380 g/mol. The number of hydrogen-bond acceptors (Lipinski definition) is 9. The Morgan fingerprint density at radius 2 is 2.07 bits per heavy atom. The Morgan fingerprint density at radius 1 is 1.37 bits per heavy atom. The maximum atomic E-state index is 12.2. The van der Waals surface area contributed by atoms with Crippen LogP contribution in [0.15, 0.2) is 12.3 Å². The molecule has 27 heavy (non-hydrogen) atoms. The molecule has 0 aliphatic heterocycles. The van der Waals surface area contributed by atoms with Gasteiger partial charge in [-0.05, 0) is 24.3 Å². The van der Waals surface area contributed by atoms with Crippen LogP contribution in [-0.2, 0) is 20.8 Å². The lowest BCUT2D eigenvalue weighted by molar-refractivity contribution is -0.389. The van der Waals surface area contributed by atoms with Gasteiger partial charge in [-0.15, -0.1) is 11.3 Å². The van der Waals surface area contributed by atoms with Crippen LogP contribution in [0.25, 0.3) is 0 Å².